The SMILES string of the molecule is CCOC(=O)CC(NC(=O)c1cccc(NC(=O)NC(C)C)c1)c1cccc(OC)c1. The van der Waals surface area contributed by atoms with Gasteiger partial charge in [0.1, 0.15) is 5.75 Å². The number of urea groups is 1. The Labute approximate surface area is 182 Å². The molecule has 3 N–H and O–H groups in total. The highest BCUT2D eigenvalue weighted by atomic mass is 16.5. The van der Waals surface area contributed by atoms with Crippen molar-refractivity contribution in [2.24, 2.45) is 0 Å². The highest BCUT2D eigenvalue weighted by Gasteiger charge is 2.21. The maximum Gasteiger partial charge on any atom is 0.319 e. The van der Waals surface area contributed by atoms with Crippen LogP contribution in [0.5, 0.6) is 5.75 Å². The van der Waals surface area contributed by atoms with Gasteiger partial charge >= 0.3 is 12.0 Å². The fraction of sp³-hybridized carbons (Fsp3) is 0.348. The van der Waals surface area contributed by atoms with Crippen molar-refractivity contribution in [2.75, 3.05) is 19.0 Å². The summed E-state index contributed by atoms with van der Waals surface area (Å²) in [6, 6.07) is 12.7. The van der Waals surface area contributed by atoms with Gasteiger partial charge in [-0.15, -0.1) is 0 Å². The third-order valence-corrected chi connectivity index (χ3v) is 4.28. The van der Waals surface area contributed by atoms with Crippen LogP contribution in [0.15, 0.2) is 48.5 Å². The second-order valence-corrected chi connectivity index (χ2v) is 7.15. The zero-order valence-electron chi connectivity index (χ0n) is 18.2. The molecule has 2 aromatic carbocycles. The number of nitrogens with one attached hydrogen (secondary N) is 3. The quantitative estimate of drug-likeness (QED) is 0.530. The van der Waals surface area contributed by atoms with Crippen molar-refractivity contribution in [1.29, 1.82) is 0 Å². The summed E-state index contributed by atoms with van der Waals surface area (Å²) < 4.78 is 10.3. The Kier molecular flexibility index (Phi) is 8.87. The molecule has 0 aliphatic carbocycles. The molecule has 0 aliphatic heterocycles. The minimum Gasteiger partial charge on any atom is -0.497 e. The molecule has 3 amide bonds. The molecule has 0 bridgehead atoms. The smallest absolute Gasteiger partial charge is 0.319 e. The Morgan fingerprint density at radius 2 is 1.74 bits per heavy atom. The standard InChI is InChI=1S/C23H29N3O5/c1-5-31-21(27)14-20(16-8-7-11-19(13-16)30-4)26-22(28)17-9-6-10-18(12-17)25-23(29)24-15(2)3/h6-13,15,20H,5,14H2,1-4H3,(H,26,28)(H2,24,25,29). The number of esters is 1. The van der Waals surface area contributed by atoms with Gasteiger partial charge < -0.3 is 25.4 Å². The molecule has 8 heteroatoms. The molecule has 0 aliphatic rings. The van der Waals surface area contributed by atoms with Crippen molar-refractivity contribution in [2.45, 2.75) is 39.3 Å². The molecular weight excluding hydrogens is 398 g/mol. The first-order valence-electron chi connectivity index (χ1n) is 10.1. The summed E-state index contributed by atoms with van der Waals surface area (Å²) in [7, 11) is 1.55. The average Bonchev–Trinajstić information content (AvgIpc) is 2.73. The Balaban J connectivity index is 2.19. The minimum atomic E-state index is -0.609. The number of hydrogen-bond acceptors (Lipinski definition) is 5. The van der Waals surface area contributed by atoms with Gasteiger partial charge in [0, 0.05) is 17.3 Å². The number of carbonyl (C=O) groups is 3. The molecule has 0 saturated heterocycles. The largest absolute Gasteiger partial charge is 0.497 e. The third-order valence-electron chi connectivity index (χ3n) is 4.28. The Morgan fingerprint density at radius 1 is 1.00 bits per heavy atom. The van der Waals surface area contributed by atoms with Crippen LogP contribution in [-0.2, 0) is 9.53 Å². The molecule has 0 radical (unpaired) electrons. The van der Waals surface area contributed by atoms with E-state index in [0.717, 1.165) is 0 Å². The van der Waals surface area contributed by atoms with Crippen LogP contribution in [0, 0.1) is 0 Å². The van der Waals surface area contributed by atoms with Gasteiger partial charge in [0.25, 0.3) is 5.91 Å². The lowest BCUT2D eigenvalue weighted by Gasteiger charge is -2.19. The lowest BCUT2D eigenvalue weighted by Crippen LogP contribution is -2.34. The molecule has 0 saturated carbocycles. The van der Waals surface area contributed by atoms with Crippen molar-refractivity contribution in [3.8, 4) is 5.75 Å². The number of methoxy groups -OCH3 is 1. The molecule has 0 aromatic heterocycles. The summed E-state index contributed by atoms with van der Waals surface area (Å²) >= 11 is 0. The molecular formula is C23H29N3O5. The molecule has 31 heavy (non-hydrogen) atoms. The van der Waals surface area contributed by atoms with Crippen molar-refractivity contribution in [3.05, 3.63) is 59.7 Å². The third kappa shape index (κ3) is 7.65. The van der Waals surface area contributed by atoms with E-state index in [9.17, 15) is 14.4 Å². The maximum absolute atomic E-state index is 12.9. The number of benzene rings is 2. The summed E-state index contributed by atoms with van der Waals surface area (Å²) in [6.45, 7) is 5.69. The number of ether oxygens (including phenoxy) is 2. The first-order chi connectivity index (χ1) is 14.8. The van der Waals surface area contributed by atoms with Crippen molar-refractivity contribution in [1.82, 2.24) is 10.6 Å². The second-order valence-electron chi connectivity index (χ2n) is 7.15. The van der Waals surface area contributed by atoms with Crippen molar-refractivity contribution < 1.29 is 23.9 Å². The van der Waals surface area contributed by atoms with Gasteiger partial charge in [0.05, 0.1) is 26.2 Å². The first kappa shape index (κ1) is 23.7. The second kappa shape index (κ2) is 11.6. The van der Waals surface area contributed by atoms with E-state index in [1.807, 2.05) is 13.8 Å². The van der Waals surface area contributed by atoms with Gasteiger partial charge in [-0.25, -0.2) is 4.79 Å². The summed E-state index contributed by atoms with van der Waals surface area (Å²) in [5.74, 6) is -0.190. The molecule has 2 aromatic rings. The molecule has 2 rings (SSSR count). The van der Waals surface area contributed by atoms with Gasteiger partial charge in [0.15, 0.2) is 0 Å². The van der Waals surface area contributed by atoms with Crippen LogP contribution in [0.4, 0.5) is 10.5 Å². The predicted octanol–water partition coefficient (Wildman–Crippen LogP) is 3.65. The normalized spacial score (nSPS) is 11.4. The van der Waals surface area contributed by atoms with E-state index in [0.29, 0.717) is 22.6 Å². The van der Waals surface area contributed by atoms with Crippen LogP contribution in [0.25, 0.3) is 0 Å². The molecule has 8 nitrogen and oxygen atoms in total. The van der Waals surface area contributed by atoms with Crippen LogP contribution < -0.4 is 20.7 Å². The van der Waals surface area contributed by atoms with Crippen LogP contribution >= 0.6 is 0 Å². The summed E-state index contributed by atoms with van der Waals surface area (Å²) in [5, 5.41) is 8.30. The van der Waals surface area contributed by atoms with Gasteiger partial charge in [-0.2, -0.15) is 0 Å². The Morgan fingerprint density at radius 3 is 2.42 bits per heavy atom. The summed E-state index contributed by atoms with van der Waals surface area (Å²) in [4.78, 5) is 36.9. The molecule has 1 atom stereocenters. The Hall–Kier alpha value is -3.55. The van der Waals surface area contributed by atoms with Gasteiger partial charge in [0.2, 0.25) is 0 Å². The highest BCUT2D eigenvalue weighted by molar-refractivity contribution is 5.97. The van der Waals surface area contributed by atoms with E-state index >= 15 is 0 Å². The van der Waals surface area contributed by atoms with Crippen molar-refractivity contribution in [3.63, 3.8) is 0 Å². The van der Waals surface area contributed by atoms with Crippen LogP contribution in [0.1, 0.15) is 49.2 Å². The van der Waals surface area contributed by atoms with E-state index in [1.54, 1.807) is 62.6 Å². The molecule has 1 unspecified atom stereocenters. The van der Waals surface area contributed by atoms with Gasteiger partial charge in [-0.3, -0.25) is 9.59 Å². The maximum atomic E-state index is 12.9. The van der Waals surface area contributed by atoms with Crippen LogP contribution in [0.3, 0.4) is 0 Å². The van der Waals surface area contributed by atoms with Crippen LogP contribution in [0.2, 0.25) is 0 Å². The number of rotatable bonds is 9. The topological polar surface area (TPSA) is 106 Å². The number of anilines is 1. The van der Waals surface area contributed by atoms with Crippen molar-refractivity contribution >= 4 is 23.6 Å². The zero-order valence-corrected chi connectivity index (χ0v) is 18.2. The Bertz CT molecular complexity index is 914. The van der Waals surface area contributed by atoms with E-state index in [2.05, 4.69) is 16.0 Å². The fourth-order valence-electron chi connectivity index (χ4n) is 2.91. The van der Waals surface area contributed by atoms with E-state index in [1.165, 1.54) is 0 Å². The summed E-state index contributed by atoms with van der Waals surface area (Å²) in [5.41, 5.74) is 1.54. The van der Waals surface area contributed by atoms with Gasteiger partial charge in [-0.05, 0) is 56.7 Å². The van der Waals surface area contributed by atoms with E-state index in [-0.39, 0.29) is 31.0 Å². The molecule has 0 heterocycles. The fourth-order valence-corrected chi connectivity index (χ4v) is 2.91. The molecule has 166 valence electrons. The average molecular weight is 428 g/mol. The summed E-state index contributed by atoms with van der Waals surface area (Å²) in [6.07, 6.45) is -0.0263. The lowest BCUT2D eigenvalue weighted by molar-refractivity contribution is -0.143. The van der Waals surface area contributed by atoms with Gasteiger partial charge in [-0.1, -0.05) is 18.2 Å². The lowest BCUT2D eigenvalue weighted by atomic mass is 10.0. The molecule has 0 spiro atoms. The zero-order chi connectivity index (χ0) is 22.8. The van der Waals surface area contributed by atoms with E-state index in [4.69, 9.17) is 9.47 Å². The predicted molar refractivity (Wildman–Crippen MR) is 118 cm³/mol. The van der Waals surface area contributed by atoms with E-state index < -0.39 is 12.0 Å². The number of hydrogen-bond donors (Lipinski definition) is 3. The van der Waals surface area contributed by atoms with Crippen LogP contribution in [-0.4, -0.2) is 37.7 Å². The number of amides is 3. The highest BCUT2D eigenvalue weighted by Crippen LogP contribution is 2.23. The monoisotopic (exact) mass is 427 g/mol. The number of carbonyl (C=O) groups excluding carboxylic acids is 3. The molecule has 0 fully saturated rings. The minimum absolute atomic E-state index is 0.0158. The first-order valence-corrected chi connectivity index (χ1v) is 10.1.